The van der Waals surface area contributed by atoms with E-state index in [1.54, 1.807) is 12.4 Å². The van der Waals surface area contributed by atoms with Crippen LogP contribution in [0.4, 0.5) is 0 Å². The van der Waals surface area contributed by atoms with Gasteiger partial charge in [0.05, 0.1) is 13.1 Å². The third-order valence-corrected chi connectivity index (χ3v) is 10.8. The molecular formula is C30H48N6O3Si2. The Morgan fingerprint density at radius 2 is 1.44 bits per heavy atom. The maximum absolute atomic E-state index is 14.0. The molecule has 1 amide bonds. The van der Waals surface area contributed by atoms with Crippen LogP contribution in [0.3, 0.4) is 0 Å². The smallest absolute Gasteiger partial charge is 0.254 e. The van der Waals surface area contributed by atoms with Crippen LogP contribution in [0.1, 0.15) is 33.1 Å². The summed E-state index contributed by atoms with van der Waals surface area (Å²) < 4.78 is 16.0. The Balaban J connectivity index is 1.50. The first kappa shape index (κ1) is 31.4. The highest BCUT2D eigenvalue weighted by Gasteiger charge is 2.23. The van der Waals surface area contributed by atoms with Crippen molar-refractivity contribution in [2.24, 2.45) is 0 Å². The van der Waals surface area contributed by atoms with Gasteiger partial charge < -0.3 is 28.8 Å². The zero-order valence-corrected chi connectivity index (χ0v) is 27.8. The van der Waals surface area contributed by atoms with Crippen molar-refractivity contribution >= 4 is 22.1 Å². The number of nitrogens with one attached hydrogen (secondary N) is 1. The van der Waals surface area contributed by atoms with E-state index in [1.807, 2.05) is 32.5 Å². The van der Waals surface area contributed by atoms with Crippen LogP contribution in [-0.2, 0) is 49.0 Å². The van der Waals surface area contributed by atoms with Crippen molar-refractivity contribution in [3.8, 4) is 0 Å². The summed E-state index contributed by atoms with van der Waals surface area (Å²) in [7, 11) is -2.34. The predicted molar refractivity (Wildman–Crippen MR) is 168 cm³/mol. The van der Waals surface area contributed by atoms with Gasteiger partial charge in [0.2, 0.25) is 0 Å². The van der Waals surface area contributed by atoms with Gasteiger partial charge in [0.25, 0.3) is 5.91 Å². The summed E-state index contributed by atoms with van der Waals surface area (Å²) in [4.78, 5) is 25.1. The lowest BCUT2D eigenvalue weighted by Gasteiger charge is -2.25. The van der Waals surface area contributed by atoms with E-state index in [2.05, 4.69) is 66.7 Å². The highest BCUT2D eigenvalue weighted by molar-refractivity contribution is 6.76. The maximum Gasteiger partial charge on any atom is 0.254 e. The lowest BCUT2D eigenvalue weighted by molar-refractivity contribution is 0.0650. The molecule has 0 atom stereocenters. The fraction of sp³-hybridized carbons (Fsp3) is 0.567. The fourth-order valence-corrected chi connectivity index (χ4v) is 6.15. The number of rotatable bonds is 15. The van der Waals surface area contributed by atoms with E-state index < -0.39 is 16.1 Å². The molecule has 1 aliphatic rings. The second kappa shape index (κ2) is 14.1. The van der Waals surface area contributed by atoms with Crippen LogP contribution in [0.15, 0.2) is 43.0 Å². The lowest BCUT2D eigenvalue weighted by Crippen LogP contribution is -2.33. The van der Waals surface area contributed by atoms with Gasteiger partial charge in [-0.25, -0.2) is 9.97 Å². The van der Waals surface area contributed by atoms with E-state index >= 15 is 0 Å². The Hall–Kier alpha value is -2.58. The van der Waals surface area contributed by atoms with E-state index in [0.29, 0.717) is 32.1 Å². The van der Waals surface area contributed by atoms with Crippen LogP contribution >= 0.6 is 0 Å². The highest BCUT2D eigenvalue weighted by Crippen LogP contribution is 2.20. The maximum atomic E-state index is 14.0. The van der Waals surface area contributed by atoms with E-state index in [1.165, 1.54) is 11.1 Å². The molecule has 0 fully saturated rings. The molecule has 11 heteroatoms. The number of ether oxygens (including phenoxy) is 2. The standard InChI is InChI=1S/C30H48N6O3Si2/c1-40(2,3)17-15-38-23-34-13-11-32-28(34)21-36(30(37)26-7-8-27-20-31-10-9-25(27)19-26)22-29-33-12-14-35(29)24-39-16-18-41(4,5)6/h7-8,11-14,19,31H,9-10,15-18,20-24H2,1-6H3. The molecule has 2 aromatic heterocycles. The van der Waals surface area contributed by atoms with Crippen LogP contribution in [0.2, 0.25) is 51.4 Å². The Kier molecular flexibility index (Phi) is 10.8. The number of amides is 1. The SMILES string of the molecule is C[Si](C)(C)CCOCn1ccnc1CN(Cc1nccn1COCC[Si](C)(C)C)C(=O)c1ccc2c(c1)CCNC2. The summed E-state index contributed by atoms with van der Waals surface area (Å²) >= 11 is 0. The first-order valence-electron chi connectivity index (χ1n) is 14.8. The summed E-state index contributed by atoms with van der Waals surface area (Å²) in [5.41, 5.74) is 3.19. The molecule has 9 nitrogen and oxygen atoms in total. The molecule has 1 aromatic carbocycles. The van der Waals surface area contributed by atoms with Gasteiger partial charge in [-0.05, 0) is 48.3 Å². The third kappa shape index (κ3) is 9.74. The topological polar surface area (TPSA) is 86.4 Å². The van der Waals surface area contributed by atoms with Crippen molar-refractivity contribution < 1.29 is 14.3 Å². The van der Waals surface area contributed by atoms with E-state index in [4.69, 9.17) is 9.47 Å². The monoisotopic (exact) mass is 596 g/mol. The van der Waals surface area contributed by atoms with Gasteiger partial charge in [0.1, 0.15) is 25.1 Å². The normalized spacial score (nSPS) is 13.8. The molecule has 0 unspecified atom stereocenters. The number of fused-ring (bicyclic) bond motifs is 1. The van der Waals surface area contributed by atoms with Crippen LogP contribution in [0, 0.1) is 0 Å². The van der Waals surface area contributed by atoms with Crippen molar-refractivity contribution in [1.82, 2.24) is 29.3 Å². The molecule has 0 aliphatic carbocycles. The van der Waals surface area contributed by atoms with Crippen LogP contribution in [-0.4, -0.2) is 65.8 Å². The van der Waals surface area contributed by atoms with Crippen molar-refractivity contribution in [2.75, 3.05) is 19.8 Å². The average molecular weight is 597 g/mol. The van der Waals surface area contributed by atoms with E-state index in [9.17, 15) is 4.79 Å². The van der Waals surface area contributed by atoms with Gasteiger partial charge in [-0.15, -0.1) is 0 Å². The summed E-state index contributed by atoms with van der Waals surface area (Å²) in [5, 5.41) is 3.41. The zero-order chi connectivity index (χ0) is 29.5. The molecule has 3 aromatic rings. The largest absolute Gasteiger partial charge is 0.361 e. The molecule has 1 N–H and O–H groups in total. The number of carbonyl (C=O) groups is 1. The van der Waals surface area contributed by atoms with Crippen molar-refractivity contribution in [2.45, 2.75) is 90.9 Å². The van der Waals surface area contributed by atoms with Crippen LogP contribution in [0.5, 0.6) is 0 Å². The summed E-state index contributed by atoms with van der Waals surface area (Å²) in [6.45, 7) is 18.9. The molecule has 0 spiro atoms. The number of nitrogens with zero attached hydrogens (tertiary/aromatic N) is 5. The van der Waals surface area contributed by atoms with Gasteiger partial charge in [-0.1, -0.05) is 45.3 Å². The third-order valence-electron chi connectivity index (χ3n) is 7.35. The number of carbonyl (C=O) groups excluding carboxylic acids is 1. The minimum Gasteiger partial charge on any atom is -0.361 e. The minimum absolute atomic E-state index is 0.0327. The highest BCUT2D eigenvalue weighted by atomic mass is 28.3. The zero-order valence-electron chi connectivity index (χ0n) is 25.8. The van der Waals surface area contributed by atoms with Gasteiger partial charge in [0, 0.05) is 66.3 Å². The van der Waals surface area contributed by atoms with Crippen molar-refractivity contribution in [3.63, 3.8) is 0 Å². The number of hydrogen-bond acceptors (Lipinski definition) is 6. The fourth-order valence-electron chi connectivity index (χ4n) is 4.63. The molecule has 0 bridgehead atoms. The summed E-state index contributed by atoms with van der Waals surface area (Å²) in [6.07, 6.45) is 8.32. The Morgan fingerprint density at radius 3 is 1.98 bits per heavy atom. The van der Waals surface area contributed by atoms with Gasteiger partial charge >= 0.3 is 0 Å². The summed E-state index contributed by atoms with van der Waals surface area (Å²) in [5.74, 6) is 1.55. The quantitative estimate of drug-likeness (QED) is 0.192. The minimum atomic E-state index is -1.17. The molecule has 3 heterocycles. The van der Waals surface area contributed by atoms with Crippen molar-refractivity contribution in [1.29, 1.82) is 0 Å². The first-order valence-corrected chi connectivity index (χ1v) is 22.2. The molecule has 0 saturated heterocycles. The summed E-state index contributed by atoms with van der Waals surface area (Å²) in [6, 6.07) is 8.30. The van der Waals surface area contributed by atoms with E-state index in [-0.39, 0.29) is 5.91 Å². The predicted octanol–water partition coefficient (Wildman–Crippen LogP) is 5.19. The molecule has 0 saturated carbocycles. The number of benzene rings is 1. The Labute approximate surface area is 247 Å². The first-order chi connectivity index (χ1) is 19.5. The lowest BCUT2D eigenvalue weighted by atomic mass is 9.98. The van der Waals surface area contributed by atoms with Crippen molar-refractivity contribution in [3.05, 3.63) is 71.3 Å². The molecule has 0 radical (unpaired) electrons. The second-order valence-electron chi connectivity index (χ2n) is 13.4. The van der Waals surface area contributed by atoms with Gasteiger partial charge in [0.15, 0.2) is 0 Å². The number of hydrogen-bond donors (Lipinski definition) is 1. The second-order valence-corrected chi connectivity index (χ2v) is 24.6. The van der Waals surface area contributed by atoms with Gasteiger partial charge in [-0.3, -0.25) is 4.79 Å². The number of aromatic nitrogens is 4. The van der Waals surface area contributed by atoms with Gasteiger partial charge in [-0.2, -0.15) is 0 Å². The average Bonchev–Trinajstić information content (AvgIpc) is 3.56. The molecular weight excluding hydrogens is 549 g/mol. The molecule has 4 rings (SSSR count). The van der Waals surface area contributed by atoms with Crippen LogP contribution in [0.25, 0.3) is 0 Å². The Morgan fingerprint density at radius 1 is 0.878 bits per heavy atom. The van der Waals surface area contributed by atoms with E-state index in [0.717, 1.165) is 56.5 Å². The molecule has 1 aliphatic heterocycles. The Bertz CT molecular complexity index is 1220. The number of imidazole rings is 2. The molecule has 224 valence electrons. The molecule has 41 heavy (non-hydrogen) atoms. The van der Waals surface area contributed by atoms with Crippen LogP contribution < -0.4 is 5.32 Å².